The second-order valence-corrected chi connectivity index (χ2v) is 11.3. The van der Waals surface area contributed by atoms with Gasteiger partial charge in [-0.25, -0.2) is 8.42 Å². The van der Waals surface area contributed by atoms with Crippen molar-refractivity contribution in [3.8, 4) is 11.5 Å². The van der Waals surface area contributed by atoms with Gasteiger partial charge in [-0.3, -0.25) is 13.9 Å². The number of methoxy groups -OCH3 is 2. The summed E-state index contributed by atoms with van der Waals surface area (Å²) >= 11 is 12.4. The monoisotopic (exact) mass is 573 g/mol. The number of nitrogens with zero attached hydrogens (tertiary/aromatic N) is 2. The average Bonchev–Trinajstić information content (AvgIpc) is 2.85. The molecule has 2 rings (SSSR count). The molecule has 1 N–H and O–H groups in total. The second-order valence-electron chi connectivity index (χ2n) is 8.56. The minimum atomic E-state index is -3.93. The first-order valence-electron chi connectivity index (χ1n) is 11.6. The Morgan fingerprint density at radius 2 is 1.73 bits per heavy atom. The van der Waals surface area contributed by atoms with E-state index in [4.69, 9.17) is 32.7 Å². The molecule has 0 aliphatic heterocycles. The Bertz CT molecular complexity index is 1220. The average molecular weight is 575 g/mol. The number of carbonyl (C=O) groups is 2. The Morgan fingerprint density at radius 1 is 1.05 bits per heavy atom. The highest BCUT2D eigenvalue weighted by Gasteiger charge is 2.32. The molecule has 0 heterocycles. The van der Waals surface area contributed by atoms with E-state index in [0.717, 1.165) is 10.6 Å². The standard InChI is InChI=1S/C25H33Cl2N3O6S/c1-7-16(2)28-25(32)17(3)29(14-18-8-9-19(26)12-21(18)27)24(31)15-30(37(6,33)34)22-11-10-20(35-4)13-23(22)36-5/h8-13,16-17H,7,14-15H2,1-6H3,(H,28,32)/t16-,17+/m1/s1. The molecule has 12 heteroatoms. The van der Waals surface area contributed by atoms with Gasteiger partial charge >= 0.3 is 0 Å². The van der Waals surface area contributed by atoms with E-state index in [-0.39, 0.29) is 29.9 Å². The molecule has 0 aliphatic rings. The van der Waals surface area contributed by atoms with E-state index in [1.165, 1.54) is 37.3 Å². The molecule has 0 bridgehead atoms. The highest BCUT2D eigenvalue weighted by molar-refractivity contribution is 7.92. The van der Waals surface area contributed by atoms with Crippen LogP contribution < -0.4 is 19.1 Å². The quantitative estimate of drug-likeness (QED) is 0.409. The number of carbonyl (C=O) groups excluding carboxylic acids is 2. The van der Waals surface area contributed by atoms with E-state index in [1.54, 1.807) is 25.1 Å². The van der Waals surface area contributed by atoms with Crippen LogP contribution in [0.4, 0.5) is 5.69 Å². The molecule has 2 aromatic carbocycles. The van der Waals surface area contributed by atoms with E-state index >= 15 is 0 Å². The lowest BCUT2D eigenvalue weighted by Crippen LogP contribution is -2.52. The summed E-state index contributed by atoms with van der Waals surface area (Å²) in [5.41, 5.74) is 0.705. The summed E-state index contributed by atoms with van der Waals surface area (Å²) in [6.45, 7) is 4.75. The van der Waals surface area contributed by atoms with Crippen LogP contribution in [0.2, 0.25) is 10.0 Å². The number of nitrogens with one attached hydrogen (secondary N) is 1. The van der Waals surface area contributed by atoms with E-state index in [9.17, 15) is 18.0 Å². The summed E-state index contributed by atoms with van der Waals surface area (Å²) in [4.78, 5) is 28.0. The molecular formula is C25H33Cl2N3O6S. The molecule has 2 amide bonds. The first-order chi connectivity index (χ1) is 17.3. The Morgan fingerprint density at radius 3 is 2.27 bits per heavy atom. The number of hydrogen-bond donors (Lipinski definition) is 1. The maximum Gasteiger partial charge on any atom is 0.244 e. The molecule has 37 heavy (non-hydrogen) atoms. The maximum absolute atomic E-state index is 13.7. The SMILES string of the molecule is CC[C@@H](C)NC(=O)[C@H](C)N(Cc1ccc(Cl)cc1Cl)C(=O)CN(c1ccc(OC)cc1OC)S(C)(=O)=O. The number of hydrogen-bond acceptors (Lipinski definition) is 6. The Labute approximate surface area is 228 Å². The third-order valence-electron chi connectivity index (χ3n) is 5.86. The smallest absolute Gasteiger partial charge is 0.244 e. The predicted octanol–water partition coefficient (Wildman–Crippen LogP) is 4.11. The van der Waals surface area contributed by atoms with Crippen molar-refractivity contribution in [2.24, 2.45) is 0 Å². The van der Waals surface area contributed by atoms with Crippen LogP contribution in [0.1, 0.15) is 32.8 Å². The predicted molar refractivity (Wildman–Crippen MR) is 146 cm³/mol. The molecule has 0 radical (unpaired) electrons. The zero-order valence-electron chi connectivity index (χ0n) is 21.7. The van der Waals surface area contributed by atoms with Crippen LogP contribution in [-0.2, 0) is 26.2 Å². The van der Waals surface area contributed by atoms with Crippen LogP contribution in [0, 0.1) is 0 Å². The summed E-state index contributed by atoms with van der Waals surface area (Å²) in [5.74, 6) is -0.330. The van der Waals surface area contributed by atoms with Crippen molar-refractivity contribution in [1.29, 1.82) is 0 Å². The van der Waals surface area contributed by atoms with E-state index in [0.29, 0.717) is 27.8 Å². The third-order valence-corrected chi connectivity index (χ3v) is 7.57. The van der Waals surface area contributed by atoms with Gasteiger partial charge in [-0.15, -0.1) is 0 Å². The molecule has 0 saturated carbocycles. The fourth-order valence-electron chi connectivity index (χ4n) is 3.47. The highest BCUT2D eigenvalue weighted by Crippen LogP contribution is 2.34. The molecule has 0 aromatic heterocycles. The zero-order valence-corrected chi connectivity index (χ0v) is 24.1. The minimum absolute atomic E-state index is 0.0404. The van der Waals surface area contributed by atoms with Gasteiger partial charge < -0.3 is 19.7 Å². The van der Waals surface area contributed by atoms with Crippen LogP contribution in [0.5, 0.6) is 11.5 Å². The number of sulfonamides is 1. The molecule has 0 fully saturated rings. The molecule has 0 unspecified atom stereocenters. The molecule has 0 spiro atoms. The molecule has 204 valence electrons. The van der Waals surface area contributed by atoms with Gasteiger partial charge in [0.05, 0.1) is 26.2 Å². The van der Waals surface area contributed by atoms with E-state index in [1.807, 2.05) is 13.8 Å². The number of rotatable bonds is 12. The van der Waals surface area contributed by atoms with Crippen LogP contribution in [0.15, 0.2) is 36.4 Å². The fourth-order valence-corrected chi connectivity index (χ4v) is 4.79. The topological polar surface area (TPSA) is 105 Å². The van der Waals surface area contributed by atoms with Gasteiger partial charge in [0.2, 0.25) is 21.8 Å². The summed E-state index contributed by atoms with van der Waals surface area (Å²) in [6.07, 6.45) is 1.69. The molecule has 0 aliphatic carbocycles. The number of benzene rings is 2. The lowest BCUT2D eigenvalue weighted by atomic mass is 10.1. The van der Waals surface area contributed by atoms with Gasteiger partial charge in [-0.05, 0) is 50.1 Å². The Balaban J connectivity index is 2.49. The summed E-state index contributed by atoms with van der Waals surface area (Å²) < 4.78 is 37.1. The number of halogens is 2. The van der Waals surface area contributed by atoms with Crippen molar-refractivity contribution in [1.82, 2.24) is 10.2 Å². The largest absolute Gasteiger partial charge is 0.497 e. The normalized spacial score (nSPS) is 12.9. The summed E-state index contributed by atoms with van der Waals surface area (Å²) in [6, 6.07) is 8.36. The Kier molecular flexibility index (Phi) is 10.9. The van der Waals surface area contributed by atoms with Crippen molar-refractivity contribution in [2.75, 3.05) is 31.3 Å². The number of ether oxygens (including phenoxy) is 2. The highest BCUT2D eigenvalue weighted by atomic mass is 35.5. The van der Waals surface area contributed by atoms with Crippen LogP contribution in [0.25, 0.3) is 0 Å². The molecule has 0 saturated heterocycles. The van der Waals surface area contributed by atoms with Gasteiger partial charge in [0.1, 0.15) is 24.1 Å². The summed E-state index contributed by atoms with van der Waals surface area (Å²) in [5, 5.41) is 3.60. The van der Waals surface area contributed by atoms with Gasteiger partial charge in [-0.1, -0.05) is 36.2 Å². The first kappa shape index (κ1) is 30.5. The fraction of sp³-hybridized carbons (Fsp3) is 0.440. The van der Waals surface area contributed by atoms with Gasteiger partial charge in [-0.2, -0.15) is 0 Å². The van der Waals surface area contributed by atoms with Gasteiger partial charge in [0.15, 0.2) is 0 Å². The van der Waals surface area contributed by atoms with Crippen LogP contribution >= 0.6 is 23.2 Å². The second kappa shape index (κ2) is 13.2. The van der Waals surface area contributed by atoms with E-state index < -0.39 is 28.5 Å². The zero-order chi connectivity index (χ0) is 27.9. The van der Waals surface area contributed by atoms with Crippen molar-refractivity contribution < 1.29 is 27.5 Å². The molecule has 2 aromatic rings. The lowest BCUT2D eigenvalue weighted by molar-refractivity contribution is -0.139. The molecule has 9 nitrogen and oxygen atoms in total. The van der Waals surface area contributed by atoms with Gasteiger partial charge in [0.25, 0.3) is 0 Å². The maximum atomic E-state index is 13.7. The minimum Gasteiger partial charge on any atom is -0.497 e. The van der Waals surface area contributed by atoms with Crippen molar-refractivity contribution in [3.05, 3.63) is 52.0 Å². The summed E-state index contributed by atoms with van der Waals surface area (Å²) in [7, 11) is -1.08. The van der Waals surface area contributed by atoms with E-state index in [2.05, 4.69) is 5.32 Å². The van der Waals surface area contributed by atoms with Crippen molar-refractivity contribution in [3.63, 3.8) is 0 Å². The lowest BCUT2D eigenvalue weighted by Gasteiger charge is -2.32. The first-order valence-corrected chi connectivity index (χ1v) is 14.2. The van der Waals surface area contributed by atoms with Gasteiger partial charge in [0, 0.05) is 28.7 Å². The van der Waals surface area contributed by atoms with Crippen LogP contribution in [0.3, 0.4) is 0 Å². The number of amides is 2. The molecular weight excluding hydrogens is 541 g/mol. The third kappa shape index (κ3) is 8.15. The van der Waals surface area contributed by atoms with Crippen LogP contribution in [-0.4, -0.2) is 64.2 Å². The van der Waals surface area contributed by atoms with Crippen molar-refractivity contribution in [2.45, 2.75) is 45.8 Å². The number of anilines is 1. The van der Waals surface area contributed by atoms with Crippen molar-refractivity contribution >= 4 is 50.7 Å². The molecule has 2 atom stereocenters. The Hall–Kier alpha value is -2.69.